The second-order valence-electron chi connectivity index (χ2n) is 7.84. The molecular formula is C23H25Cl2N3O2. The summed E-state index contributed by atoms with van der Waals surface area (Å²) in [5.74, 6) is 0.199. The van der Waals surface area contributed by atoms with Gasteiger partial charge in [0, 0.05) is 63.9 Å². The van der Waals surface area contributed by atoms with Crippen LogP contribution in [0.3, 0.4) is 0 Å². The summed E-state index contributed by atoms with van der Waals surface area (Å²) in [5.41, 5.74) is 3.74. The lowest BCUT2D eigenvalue weighted by molar-refractivity contribution is -0.116. The van der Waals surface area contributed by atoms with Crippen molar-refractivity contribution in [3.8, 4) is 0 Å². The average molecular weight is 446 g/mol. The minimum absolute atomic E-state index is 0.0473. The number of carbonyl (C=O) groups excluding carboxylic acids is 2. The summed E-state index contributed by atoms with van der Waals surface area (Å²) in [7, 11) is 0. The van der Waals surface area contributed by atoms with Gasteiger partial charge in [0.05, 0.1) is 15.7 Å². The third-order valence-corrected chi connectivity index (χ3v) is 6.79. The first-order valence-corrected chi connectivity index (χ1v) is 11.0. The molecule has 2 aliphatic rings. The van der Waals surface area contributed by atoms with Crippen molar-refractivity contribution in [1.29, 1.82) is 0 Å². The Balaban J connectivity index is 1.30. The maximum atomic E-state index is 12.7. The van der Waals surface area contributed by atoms with Crippen LogP contribution in [-0.4, -0.2) is 55.9 Å². The molecule has 5 nitrogen and oxygen atoms in total. The Hall–Kier alpha value is -2.08. The molecule has 0 atom stereocenters. The first-order chi connectivity index (χ1) is 14.4. The summed E-state index contributed by atoms with van der Waals surface area (Å²) >= 11 is 12.5. The van der Waals surface area contributed by atoms with E-state index in [9.17, 15) is 9.59 Å². The van der Waals surface area contributed by atoms with E-state index in [0.717, 1.165) is 61.6 Å². The summed E-state index contributed by atoms with van der Waals surface area (Å²) in [6.07, 6.45) is 1.30. The van der Waals surface area contributed by atoms with Gasteiger partial charge in [-0.1, -0.05) is 29.3 Å². The highest BCUT2D eigenvalue weighted by Gasteiger charge is 2.24. The highest BCUT2D eigenvalue weighted by Crippen LogP contribution is 2.33. The molecule has 0 unspecified atom stereocenters. The van der Waals surface area contributed by atoms with Gasteiger partial charge in [-0.2, -0.15) is 0 Å². The number of halogens is 2. The van der Waals surface area contributed by atoms with E-state index in [4.69, 9.17) is 23.2 Å². The second kappa shape index (κ2) is 8.96. The standard InChI is InChI=1S/C23H25Cl2N3O2/c1-16(29)28-10-7-17-15-18(5-6-20(17)28)22(30)8-9-26-11-13-27(14-12-26)21-4-2-3-19(24)23(21)25/h2-6,15H,7-14H2,1H3. The van der Waals surface area contributed by atoms with Crippen LogP contribution in [0.15, 0.2) is 36.4 Å². The zero-order valence-corrected chi connectivity index (χ0v) is 18.5. The predicted molar refractivity (Wildman–Crippen MR) is 122 cm³/mol. The molecule has 7 heteroatoms. The molecule has 1 fully saturated rings. The van der Waals surface area contributed by atoms with Crippen LogP contribution in [0.2, 0.25) is 10.0 Å². The van der Waals surface area contributed by atoms with Gasteiger partial charge in [0.15, 0.2) is 5.78 Å². The Morgan fingerprint density at radius 3 is 2.47 bits per heavy atom. The van der Waals surface area contributed by atoms with Gasteiger partial charge in [-0.25, -0.2) is 0 Å². The molecule has 0 radical (unpaired) electrons. The molecule has 0 bridgehead atoms. The van der Waals surface area contributed by atoms with Crippen molar-refractivity contribution in [2.45, 2.75) is 19.8 Å². The molecular weight excluding hydrogens is 421 g/mol. The second-order valence-corrected chi connectivity index (χ2v) is 8.62. The lowest BCUT2D eigenvalue weighted by atomic mass is 10.0. The molecule has 0 aromatic heterocycles. The number of rotatable bonds is 5. The lowest BCUT2D eigenvalue weighted by Crippen LogP contribution is -2.47. The minimum Gasteiger partial charge on any atom is -0.368 e. The van der Waals surface area contributed by atoms with Crippen molar-refractivity contribution in [3.63, 3.8) is 0 Å². The van der Waals surface area contributed by atoms with E-state index in [-0.39, 0.29) is 11.7 Å². The molecule has 4 rings (SSSR count). The first kappa shape index (κ1) is 21.2. The first-order valence-electron chi connectivity index (χ1n) is 10.3. The minimum atomic E-state index is 0.0473. The largest absolute Gasteiger partial charge is 0.368 e. The quantitative estimate of drug-likeness (QED) is 0.643. The van der Waals surface area contributed by atoms with Crippen molar-refractivity contribution >= 4 is 46.3 Å². The van der Waals surface area contributed by atoms with Gasteiger partial charge in [-0.15, -0.1) is 0 Å². The lowest BCUT2D eigenvalue weighted by Gasteiger charge is -2.36. The number of amides is 1. The van der Waals surface area contributed by atoms with Gasteiger partial charge >= 0.3 is 0 Å². The highest BCUT2D eigenvalue weighted by molar-refractivity contribution is 6.43. The van der Waals surface area contributed by atoms with Crippen LogP contribution in [0.1, 0.15) is 29.3 Å². The van der Waals surface area contributed by atoms with E-state index in [1.807, 2.05) is 30.3 Å². The molecule has 1 saturated heterocycles. The number of Topliss-reactive ketones (excluding diaryl/α,β-unsaturated/α-hetero) is 1. The van der Waals surface area contributed by atoms with Crippen molar-refractivity contribution in [3.05, 3.63) is 57.6 Å². The number of piperazine rings is 1. The Bertz CT molecular complexity index is 971. The number of hydrogen-bond acceptors (Lipinski definition) is 4. The summed E-state index contributed by atoms with van der Waals surface area (Å²) in [4.78, 5) is 30.7. The van der Waals surface area contributed by atoms with Crippen molar-refractivity contribution < 1.29 is 9.59 Å². The van der Waals surface area contributed by atoms with Gasteiger partial charge in [-0.3, -0.25) is 14.5 Å². The van der Waals surface area contributed by atoms with Crippen LogP contribution in [0.5, 0.6) is 0 Å². The fourth-order valence-electron chi connectivity index (χ4n) is 4.26. The summed E-state index contributed by atoms with van der Waals surface area (Å²) < 4.78 is 0. The summed E-state index contributed by atoms with van der Waals surface area (Å²) in [6.45, 7) is 6.49. The third-order valence-electron chi connectivity index (χ3n) is 5.98. The molecule has 2 aromatic carbocycles. The SMILES string of the molecule is CC(=O)N1CCc2cc(C(=O)CCN3CCN(c4cccc(Cl)c4Cl)CC3)ccc21. The van der Waals surface area contributed by atoms with Crippen molar-refractivity contribution in [1.82, 2.24) is 4.90 Å². The number of nitrogens with zero attached hydrogens (tertiary/aromatic N) is 3. The number of benzene rings is 2. The van der Waals surface area contributed by atoms with Gasteiger partial charge in [0.2, 0.25) is 5.91 Å². The molecule has 0 N–H and O–H groups in total. The maximum absolute atomic E-state index is 12.7. The van der Waals surface area contributed by atoms with Crippen LogP contribution < -0.4 is 9.80 Å². The van der Waals surface area contributed by atoms with E-state index in [0.29, 0.717) is 23.0 Å². The molecule has 30 heavy (non-hydrogen) atoms. The monoisotopic (exact) mass is 445 g/mol. The van der Waals surface area contributed by atoms with Crippen molar-refractivity contribution in [2.24, 2.45) is 0 Å². The number of hydrogen-bond donors (Lipinski definition) is 0. The topological polar surface area (TPSA) is 43.9 Å². The molecule has 0 spiro atoms. The normalized spacial score (nSPS) is 16.6. The van der Waals surface area contributed by atoms with Gasteiger partial charge in [-0.05, 0) is 42.3 Å². The molecule has 0 saturated carbocycles. The number of fused-ring (bicyclic) bond motifs is 1. The van der Waals surface area contributed by atoms with Crippen molar-refractivity contribution in [2.75, 3.05) is 49.1 Å². The van der Waals surface area contributed by atoms with Crippen LogP contribution in [0, 0.1) is 0 Å². The molecule has 1 amide bonds. The number of carbonyl (C=O) groups is 2. The Kier molecular flexibility index (Phi) is 6.32. The number of anilines is 2. The zero-order chi connectivity index (χ0) is 21.3. The molecule has 2 heterocycles. The predicted octanol–water partition coefficient (Wildman–Crippen LogP) is 4.30. The molecule has 158 valence electrons. The van der Waals surface area contributed by atoms with E-state index in [2.05, 4.69) is 9.80 Å². The van der Waals surface area contributed by atoms with Gasteiger partial charge in [0.25, 0.3) is 0 Å². The highest BCUT2D eigenvalue weighted by atomic mass is 35.5. The zero-order valence-electron chi connectivity index (χ0n) is 17.0. The molecule has 0 aliphatic carbocycles. The van der Waals surface area contributed by atoms with Gasteiger partial charge in [0.1, 0.15) is 0 Å². The van der Waals surface area contributed by atoms with E-state index < -0.39 is 0 Å². The smallest absolute Gasteiger partial charge is 0.223 e. The fraction of sp³-hybridized carbons (Fsp3) is 0.391. The molecule has 2 aliphatic heterocycles. The summed E-state index contributed by atoms with van der Waals surface area (Å²) in [5, 5.41) is 1.17. The third kappa shape index (κ3) is 4.34. The maximum Gasteiger partial charge on any atom is 0.223 e. The van der Waals surface area contributed by atoms with Gasteiger partial charge < -0.3 is 9.80 Å². The van der Waals surface area contributed by atoms with Crippen LogP contribution in [0.4, 0.5) is 11.4 Å². The average Bonchev–Trinajstić information content (AvgIpc) is 3.18. The van der Waals surface area contributed by atoms with E-state index >= 15 is 0 Å². The van der Waals surface area contributed by atoms with Crippen LogP contribution >= 0.6 is 23.2 Å². The Labute approximate surface area is 187 Å². The fourth-order valence-corrected chi connectivity index (χ4v) is 4.67. The van der Waals surface area contributed by atoms with Crippen LogP contribution in [0.25, 0.3) is 0 Å². The summed E-state index contributed by atoms with van der Waals surface area (Å²) in [6, 6.07) is 11.4. The van der Waals surface area contributed by atoms with E-state index in [1.54, 1.807) is 17.9 Å². The van der Waals surface area contributed by atoms with E-state index in [1.165, 1.54) is 0 Å². The van der Waals surface area contributed by atoms with Crippen LogP contribution in [-0.2, 0) is 11.2 Å². The number of ketones is 1. The Morgan fingerprint density at radius 1 is 0.967 bits per heavy atom. The Morgan fingerprint density at radius 2 is 1.73 bits per heavy atom. The molecule has 2 aromatic rings.